The van der Waals surface area contributed by atoms with Crippen LogP contribution in [0.5, 0.6) is 0 Å². The molecule has 1 unspecified atom stereocenters. The maximum Gasteiger partial charge on any atom is 0.202 e. The lowest BCUT2D eigenvalue weighted by atomic mass is 10.1. The molecule has 0 fully saturated rings. The SMILES string of the molecule is CCn1ccnc1NCC(O)CC(C)C. The summed E-state index contributed by atoms with van der Waals surface area (Å²) in [7, 11) is 0. The average Bonchev–Trinajstić information content (AvgIpc) is 2.60. The molecule has 0 bridgehead atoms. The van der Waals surface area contributed by atoms with E-state index in [1.54, 1.807) is 6.20 Å². The second-order valence-corrected chi connectivity index (χ2v) is 4.20. The van der Waals surface area contributed by atoms with Crippen molar-refractivity contribution in [3.8, 4) is 0 Å². The zero-order valence-electron chi connectivity index (χ0n) is 9.77. The predicted octanol–water partition coefficient (Wildman–Crippen LogP) is 1.72. The quantitative estimate of drug-likeness (QED) is 0.753. The summed E-state index contributed by atoms with van der Waals surface area (Å²) in [6.07, 6.45) is 4.21. The minimum Gasteiger partial charge on any atom is -0.391 e. The van der Waals surface area contributed by atoms with E-state index in [0.717, 1.165) is 18.9 Å². The molecule has 0 spiro atoms. The van der Waals surface area contributed by atoms with E-state index in [4.69, 9.17) is 0 Å². The Morgan fingerprint density at radius 1 is 1.53 bits per heavy atom. The highest BCUT2D eigenvalue weighted by Crippen LogP contribution is 2.07. The smallest absolute Gasteiger partial charge is 0.202 e. The first-order valence-electron chi connectivity index (χ1n) is 5.56. The van der Waals surface area contributed by atoms with E-state index in [9.17, 15) is 5.11 Å². The van der Waals surface area contributed by atoms with Gasteiger partial charge in [0.2, 0.25) is 5.95 Å². The molecule has 0 aliphatic rings. The molecule has 0 aromatic carbocycles. The standard InChI is InChI=1S/C11H21N3O/c1-4-14-6-5-12-11(14)13-8-10(15)7-9(2)3/h5-6,9-10,15H,4,7-8H2,1-3H3,(H,12,13). The van der Waals surface area contributed by atoms with Crippen LogP contribution >= 0.6 is 0 Å². The van der Waals surface area contributed by atoms with Crippen molar-refractivity contribution in [1.82, 2.24) is 9.55 Å². The van der Waals surface area contributed by atoms with Crippen molar-refractivity contribution >= 4 is 5.95 Å². The molecule has 4 nitrogen and oxygen atoms in total. The summed E-state index contributed by atoms with van der Waals surface area (Å²) >= 11 is 0. The minimum atomic E-state index is -0.299. The molecule has 0 saturated heterocycles. The highest BCUT2D eigenvalue weighted by Gasteiger charge is 2.08. The summed E-state index contributed by atoms with van der Waals surface area (Å²) < 4.78 is 2.02. The lowest BCUT2D eigenvalue weighted by Gasteiger charge is -2.14. The molecule has 1 heterocycles. The maximum absolute atomic E-state index is 9.68. The Labute approximate surface area is 91.3 Å². The number of nitrogens with one attached hydrogen (secondary N) is 1. The molecule has 1 rings (SSSR count). The third kappa shape index (κ3) is 3.91. The van der Waals surface area contributed by atoms with Crippen LogP contribution in [-0.2, 0) is 6.54 Å². The van der Waals surface area contributed by atoms with Gasteiger partial charge in [-0.25, -0.2) is 4.98 Å². The number of imidazole rings is 1. The van der Waals surface area contributed by atoms with Crippen LogP contribution in [0.25, 0.3) is 0 Å². The molecule has 0 amide bonds. The van der Waals surface area contributed by atoms with Crippen LogP contribution in [0.15, 0.2) is 12.4 Å². The second kappa shape index (κ2) is 5.75. The number of aryl methyl sites for hydroxylation is 1. The molecule has 1 aromatic heterocycles. The molecule has 86 valence electrons. The molecule has 0 saturated carbocycles. The Bertz CT molecular complexity index is 283. The van der Waals surface area contributed by atoms with E-state index in [2.05, 4.69) is 31.1 Å². The molecule has 1 aromatic rings. The van der Waals surface area contributed by atoms with E-state index in [1.807, 2.05) is 10.8 Å². The van der Waals surface area contributed by atoms with E-state index in [1.165, 1.54) is 0 Å². The summed E-state index contributed by atoms with van der Waals surface area (Å²) in [5.41, 5.74) is 0. The van der Waals surface area contributed by atoms with Crippen molar-refractivity contribution in [2.45, 2.75) is 39.8 Å². The molecule has 15 heavy (non-hydrogen) atoms. The van der Waals surface area contributed by atoms with Gasteiger partial charge in [0.05, 0.1) is 6.10 Å². The summed E-state index contributed by atoms with van der Waals surface area (Å²) in [6, 6.07) is 0. The van der Waals surface area contributed by atoms with Crippen LogP contribution in [-0.4, -0.2) is 27.3 Å². The number of hydrogen-bond acceptors (Lipinski definition) is 3. The van der Waals surface area contributed by atoms with Gasteiger partial charge in [-0.15, -0.1) is 0 Å². The Balaban J connectivity index is 2.36. The van der Waals surface area contributed by atoms with Crippen molar-refractivity contribution in [3.63, 3.8) is 0 Å². The maximum atomic E-state index is 9.68. The molecule has 0 aliphatic heterocycles. The average molecular weight is 211 g/mol. The van der Waals surface area contributed by atoms with Crippen LogP contribution in [0.3, 0.4) is 0 Å². The third-order valence-electron chi connectivity index (χ3n) is 2.30. The summed E-state index contributed by atoms with van der Waals surface area (Å²) in [4.78, 5) is 4.18. The van der Waals surface area contributed by atoms with Crippen molar-refractivity contribution in [3.05, 3.63) is 12.4 Å². The number of nitrogens with zero attached hydrogens (tertiary/aromatic N) is 2. The van der Waals surface area contributed by atoms with Gasteiger partial charge in [-0.3, -0.25) is 0 Å². The van der Waals surface area contributed by atoms with Gasteiger partial charge in [-0.2, -0.15) is 0 Å². The zero-order chi connectivity index (χ0) is 11.3. The normalized spacial score (nSPS) is 13.1. The van der Waals surface area contributed by atoms with Crippen molar-refractivity contribution in [2.75, 3.05) is 11.9 Å². The molecule has 2 N–H and O–H groups in total. The molecule has 0 radical (unpaired) electrons. The summed E-state index contributed by atoms with van der Waals surface area (Å²) in [5.74, 6) is 1.35. The van der Waals surface area contributed by atoms with Gasteiger partial charge in [-0.05, 0) is 19.3 Å². The Kier molecular flexibility index (Phi) is 4.62. The van der Waals surface area contributed by atoms with Gasteiger partial charge in [0.25, 0.3) is 0 Å². The zero-order valence-corrected chi connectivity index (χ0v) is 9.77. The Hall–Kier alpha value is -1.03. The van der Waals surface area contributed by atoms with Crippen LogP contribution in [0.1, 0.15) is 27.2 Å². The number of rotatable bonds is 6. The summed E-state index contributed by atoms with van der Waals surface area (Å²) in [6.45, 7) is 7.74. The van der Waals surface area contributed by atoms with Gasteiger partial charge < -0.3 is 15.0 Å². The molecular weight excluding hydrogens is 190 g/mol. The van der Waals surface area contributed by atoms with Gasteiger partial charge >= 0.3 is 0 Å². The number of aliphatic hydroxyl groups is 1. The van der Waals surface area contributed by atoms with Crippen LogP contribution in [0.4, 0.5) is 5.95 Å². The number of aliphatic hydroxyl groups excluding tert-OH is 1. The van der Waals surface area contributed by atoms with Crippen LogP contribution in [0.2, 0.25) is 0 Å². The molecule has 1 atom stereocenters. The fraction of sp³-hybridized carbons (Fsp3) is 0.727. The van der Waals surface area contributed by atoms with Gasteiger partial charge in [0.1, 0.15) is 0 Å². The Morgan fingerprint density at radius 2 is 2.27 bits per heavy atom. The van der Waals surface area contributed by atoms with Crippen molar-refractivity contribution in [1.29, 1.82) is 0 Å². The highest BCUT2D eigenvalue weighted by molar-refractivity contribution is 5.25. The van der Waals surface area contributed by atoms with Gasteiger partial charge in [0, 0.05) is 25.5 Å². The molecule has 0 aliphatic carbocycles. The lowest BCUT2D eigenvalue weighted by Crippen LogP contribution is -2.22. The van der Waals surface area contributed by atoms with Crippen molar-refractivity contribution in [2.24, 2.45) is 5.92 Å². The minimum absolute atomic E-state index is 0.299. The fourth-order valence-corrected chi connectivity index (χ4v) is 1.57. The number of hydrogen-bond donors (Lipinski definition) is 2. The second-order valence-electron chi connectivity index (χ2n) is 4.20. The van der Waals surface area contributed by atoms with E-state index in [-0.39, 0.29) is 6.10 Å². The van der Waals surface area contributed by atoms with Gasteiger partial charge in [0.15, 0.2) is 0 Å². The largest absolute Gasteiger partial charge is 0.391 e. The van der Waals surface area contributed by atoms with E-state index < -0.39 is 0 Å². The first-order valence-corrected chi connectivity index (χ1v) is 5.56. The van der Waals surface area contributed by atoms with E-state index >= 15 is 0 Å². The van der Waals surface area contributed by atoms with Gasteiger partial charge in [-0.1, -0.05) is 13.8 Å². The third-order valence-corrected chi connectivity index (χ3v) is 2.30. The topological polar surface area (TPSA) is 50.1 Å². The van der Waals surface area contributed by atoms with E-state index in [0.29, 0.717) is 12.5 Å². The first-order chi connectivity index (χ1) is 7.13. The molecule has 4 heteroatoms. The molecular formula is C11H21N3O. The highest BCUT2D eigenvalue weighted by atomic mass is 16.3. The number of anilines is 1. The van der Waals surface area contributed by atoms with Crippen LogP contribution in [0, 0.1) is 5.92 Å². The summed E-state index contributed by atoms with van der Waals surface area (Å²) in [5, 5.41) is 12.8. The Morgan fingerprint density at radius 3 is 2.87 bits per heavy atom. The predicted molar refractivity (Wildman–Crippen MR) is 61.9 cm³/mol. The monoisotopic (exact) mass is 211 g/mol. The number of aromatic nitrogens is 2. The van der Waals surface area contributed by atoms with Crippen LogP contribution < -0.4 is 5.32 Å². The fourth-order valence-electron chi connectivity index (χ4n) is 1.57. The van der Waals surface area contributed by atoms with Crippen molar-refractivity contribution < 1.29 is 5.11 Å². The first kappa shape index (κ1) is 12.0. The lowest BCUT2D eigenvalue weighted by molar-refractivity contribution is 0.161.